The second kappa shape index (κ2) is 9.19. The number of benzene rings is 3. The lowest BCUT2D eigenvalue weighted by Crippen LogP contribution is -2.24. The molecule has 2 heterocycles. The van der Waals surface area contributed by atoms with Gasteiger partial charge in [0.1, 0.15) is 11.4 Å². The molecular formula is C28H24N4O2. The van der Waals surface area contributed by atoms with E-state index in [9.17, 15) is 4.79 Å². The number of amides is 1. The number of nitrogens with zero attached hydrogens (tertiary/aromatic N) is 3. The molecule has 0 aliphatic carbocycles. The molecule has 0 saturated carbocycles. The topological polar surface area (TPSA) is 68.5 Å². The summed E-state index contributed by atoms with van der Waals surface area (Å²) in [5.74, 6) is 0.524. The molecular weight excluding hydrogens is 424 g/mol. The van der Waals surface area contributed by atoms with Gasteiger partial charge in [-0.15, -0.1) is 0 Å². The Hall–Kier alpha value is -4.45. The summed E-state index contributed by atoms with van der Waals surface area (Å²) in [5.41, 5.74) is 6.45. The first-order chi connectivity index (χ1) is 16.6. The maximum Gasteiger partial charge on any atom is 0.270 e. The Bertz CT molecular complexity index is 1440. The van der Waals surface area contributed by atoms with Gasteiger partial charge in [0.05, 0.1) is 18.5 Å². The van der Waals surface area contributed by atoms with Crippen LogP contribution in [0.5, 0.6) is 5.75 Å². The highest BCUT2D eigenvalue weighted by molar-refractivity contribution is 5.95. The van der Waals surface area contributed by atoms with Gasteiger partial charge < -0.3 is 10.1 Å². The largest absolute Gasteiger partial charge is 0.497 e. The van der Waals surface area contributed by atoms with Gasteiger partial charge in [-0.05, 0) is 48.4 Å². The molecule has 34 heavy (non-hydrogen) atoms. The van der Waals surface area contributed by atoms with Crippen LogP contribution in [-0.2, 0) is 6.54 Å². The van der Waals surface area contributed by atoms with Crippen LogP contribution in [0.3, 0.4) is 0 Å². The number of aromatic nitrogens is 3. The van der Waals surface area contributed by atoms with Gasteiger partial charge in [0.25, 0.3) is 5.91 Å². The normalized spacial score (nSPS) is 10.9. The first-order valence-corrected chi connectivity index (χ1v) is 11.1. The zero-order valence-corrected chi connectivity index (χ0v) is 19.0. The van der Waals surface area contributed by atoms with E-state index in [2.05, 4.69) is 5.32 Å². The lowest BCUT2D eigenvalue weighted by Gasteiger charge is -2.11. The quantitative estimate of drug-likeness (QED) is 0.382. The summed E-state index contributed by atoms with van der Waals surface area (Å²) >= 11 is 0. The first kappa shape index (κ1) is 21.4. The lowest BCUT2D eigenvalue weighted by atomic mass is 10.1. The number of aryl methyl sites for hydroxylation is 1. The average Bonchev–Trinajstić information content (AvgIpc) is 3.23. The van der Waals surface area contributed by atoms with E-state index >= 15 is 0 Å². The summed E-state index contributed by atoms with van der Waals surface area (Å²) < 4.78 is 7.12. The molecule has 0 unspecified atom stereocenters. The molecule has 0 atom stereocenters. The Kier molecular flexibility index (Phi) is 5.79. The van der Waals surface area contributed by atoms with Crippen LogP contribution in [0.15, 0.2) is 91.0 Å². The average molecular weight is 449 g/mol. The third-order valence-corrected chi connectivity index (χ3v) is 5.74. The molecule has 0 aliphatic heterocycles. The molecule has 5 rings (SSSR count). The van der Waals surface area contributed by atoms with Crippen LogP contribution < -0.4 is 10.1 Å². The monoisotopic (exact) mass is 448 g/mol. The van der Waals surface area contributed by atoms with E-state index in [1.54, 1.807) is 13.2 Å². The maximum absolute atomic E-state index is 13.2. The van der Waals surface area contributed by atoms with Gasteiger partial charge in [-0.2, -0.15) is 5.10 Å². The van der Waals surface area contributed by atoms with Crippen LogP contribution in [-0.4, -0.2) is 27.6 Å². The van der Waals surface area contributed by atoms with Crippen molar-refractivity contribution in [2.24, 2.45) is 0 Å². The van der Waals surface area contributed by atoms with E-state index in [1.807, 2.05) is 96.4 Å². The van der Waals surface area contributed by atoms with Crippen LogP contribution in [0, 0.1) is 6.92 Å². The van der Waals surface area contributed by atoms with Crippen molar-refractivity contribution in [3.8, 4) is 28.1 Å². The lowest BCUT2D eigenvalue weighted by molar-refractivity contribution is 0.0946. The van der Waals surface area contributed by atoms with Crippen molar-refractivity contribution in [1.82, 2.24) is 19.9 Å². The Balaban J connectivity index is 1.64. The summed E-state index contributed by atoms with van der Waals surface area (Å²) in [6.45, 7) is 2.39. The molecule has 5 aromatic rings. The summed E-state index contributed by atoms with van der Waals surface area (Å²) in [7, 11) is 1.64. The van der Waals surface area contributed by atoms with Crippen molar-refractivity contribution in [3.05, 3.63) is 108 Å². The number of methoxy groups -OCH3 is 1. The van der Waals surface area contributed by atoms with E-state index in [0.717, 1.165) is 39.4 Å². The van der Waals surface area contributed by atoms with Gasteiger partial charge >= 0.3 is 0 Å². The van der Waals surface area contributed by atoms with Crippen molar-refractivity contribution < 1.29 is 9.53 Å². The predicted molar refractivity (Wildman–Crippen MR) is 133 cm³/mol. The Labute approximate surface area is 197 Å². The van der Waals surface area contributed by atoms with E-state index < -0.39 is 0 Å². The number of hydrogen-bond donors (Lipinski definition) is 1. The molecule has 0 fully saturated rings. The highest BCUT2D eigenvalue weighted by Crippen LogP contribution is 2.31. The van der Waals surface area contributed by atoms with Crippen LogP contribution in [0.4, 0.5) is 0 Å². The third-order valence-electron chi connectivity index (χ3n) is 5.74. The van der Waals surface area contributed by atoms with E-state index in [4.69, 9.17) is 14.8 Å². The van der Waals surface area contributed by atoms with Gasteiger partial charge in [0, 0.05) is 17.7 Å². The van der Waals surface area contributed by atoms with Gasteiger partial charge in [-0.25, -0.2) is 9.50 Å². The number of hydrogen-bond acceptors (Lipinski definition) is 4. The number of rotatable bonds is 6. The summed E-state index contributed by atoms with van der Waals surface area (Å²) in [5, 5.41) is 7.79. The van der Waals surface area contributed by atoms with Crippen LogP contribution in [0.2, 0.25) is 0 Å². The SMILES string of the molecule is COc1ccc(-c2cc(C(=O)NCc3ccccc3)nc3c(-c4ccccc4)c(C)nn23)cc1. The van der Waals surface area contributed by atoms with Gasteiger partial charge in [0.15, 0.2) is 5.65 Å². The molecule has 1 N–H and O–H groups in total. The van der Waals surface area contributed by atoms with Gasteiger partial charge in [0.2, 0.25) is 0 Å². The molecule has 6 nitrogen and oxygen atoms in total. The molecule has 2 aromatic heterocycles. The molecule has 1 amide bonds. The molecule has 168 valence electrons. The summed E-state index contributed by atoms with van der Waals surface area (Å²) in [6, 6.07) is 29.3. The molecule has 0 radical (unpaired) electrons. The minimum atomic E-state index is -0.237. The van der Waals surface area contributed by atoms with Gasteiger partial charge in [-0.1, -0.05) is 60.7 Å². The first-order valence-electron chi connectivity index (χ1n) is 11.1. The molecule has 0 bridgehead atoms. The fraction of sp³-hybridized carbons (Fsp3) is 0.107. The molecule has 3 aromatic carbocycles. The van der Waals surface area contributed by atoms with Crippen LogP contribution >= 0.6 is 0 Å². The highest BCUT2D eigenvalue weighted by atomic mass is 16.5. The second-order valence-corrected chi connectivity index (χ2v) is 7.99. The predicted octanol–water partition coefficient (Wildman–Crippen LogP) is 5.31. The number of ether oxygens (including phenoxy) is 1. The summed E-state index contributed by atoms with van der Waals surface area (Å²) in [4.78, 5) is 17.9. The molecule has 0 aliphatic rings. The number of carbonyl (C=O) groups is 1. The van der Waals surface area contributed by atoms with Crippen LogP contribution in [0.25, 0.3) is 28.0 Å². The van der Waals surface area contributed by atoms with Crippen molar-refractivity contribution >= 4 is 11.6 Å². The fourth-order valence-electron chi connectivity index (χ4n) is 4.02. The standard InChI is InChI=1S/C28H24N4O2/c1-19-26(22-11-7-4-8-12-22)27-30-24(28(33)29-18-20-9-5-3-6-10-20)17-25(32(27)31-19)21-13-15-23(34-2)16-14-21/h3-17H,18H2,1-2H3,(H,29,33). The Morgan fingerprint density at radius 1 is 0.912 bits per heavy atom. The zero-order chi connectivity index (χ0) is 23.5. The number of nitrogens with one attached hydrogen (secondary N) is 1. The molecule has 0 spiro atoms. The van der Waals surface area contributed by atoms with E-state index in [0.29, 0.717) is 17.9 Å². The fourth-order valence-corrected chi connectivity index (χ4v) is 4.02. The number of fused-ring (bicyclic) bond motifs is 1. The van der Waals surface area contributed by atoms with Crippen LogP contribution in [0.1, 0.15) is 21.7 Å². The smallest absolute Gasteiger partial charge is 0.270 e. The van der Waals surface area contributed by atoms with E-state index in [-0.39, 0.29) is 5.91 Å². The summed E-state index contributed by atoms with van der Waals surface area (Å²) in [6.07, 6.45) is 0. The number of carbonyl (C=O) groups excluding carboxylic acids is 1. The minimum Gasteiger partial charge on any atom is -0.497 e. The third kappa shape index (κ3) is 4.13. The van der Waals surface area contributed by atoms with Gasteiger partial charge in [-0.3, -0.25) is 4.79 Å². The molecule has 0 saturated heterocycles. The molecule has 6 heteroatoms. The second-order valence-electron chi connectivity index (χ2n) is 7.99. The Morgan fingerprint density at radius 3 is 2.26 bits per heavy atom. The van der Waals surface area contributed by atoms with Crippen molar-refractivity contribution in [1.29, 1.82) is 0 Å². The van der Waals surface area contributed by atoms with E-state index in [1.165, 1.54) is 0 Å². The van der Waals surface area contributed by atoms with Crippen molar-refractivity contribution in [2.45, 2.75) is 13.5 Å². The minimum absolute atomic E-state index is 0.237. The zero-order valence-electron chi connectivity index (χ0n) is 19.0. The highest BCUT2D eigenvalue weighted by Gasteiger charge is 2.20. The Morgan fingerprint density at radius 2 is 1.59 bits per heavy atom. The maximum atomic E-state index is 13.2. The van der Waals surface area contributed by atoms with Crippen molar-refractivity contribution in [2.75, 3.05) is 7.11 Å². The van der Waals surface area contributed by atoms with Crippen molar-refractivity contribution in [3.63, 3.8) is 0 Å².